The largest absolute Gasteiger partial charge is 0.490 e. The van der Waals surface area contributed by atoms with Crippen LogP contribution in [0.1, 0.15) is 21.9 Å². The fourth-order valence-electron chi connectivity index (χ4n) is 2.83. The molecule has 1 unspecified atom stereocenters. The summed E-state index contributed by atoms with van der Waals surface area (Å²) in [5, 5.41) is 9.47. The van der Waals surface area contributed by atoms with E-state index in [-0.39, 0.29) is 18.7 Å². The highest BCUT2D eigenvalue weighted by Gasteiger charge is 2.39. The van der Waals surface area contributed by atoms with Crippen molar-refractivity contribution < 1.29 is 32.2 Å². The van der Waals surface area contributed by atoms with Gasteiger partial charge in [0.1, 0.15) is 18.2 Å². The van der Waals surface area contributed by atoms with Crippen LogP contribution in [-0.4, -0.2) is 57.9 Å². The molecule has 0 fully saturated rings. The Balaban J connectivity index is 1.80. The number of halogens is 5. The molecule has 1 aliphatic heterocycles. The number of aliphatic hydroxyl groups is 1. The predicted octanol–water partition coefficient (Wildman–Crippen LogP) is 2.71. The van der Waals surface area contributed by atoms with Crippen LogP contribution in [0.15, 0.2) is 30.1 Å². The number of hydrogen-bond acceptors (Lipinski definition) is 6. The maximum atomic E-state index is 13.6. The highest BCUT2D eigenvalue weighted by atomic mass is 35.5. The molecule has 0 bridgehead atoms. The van der Waals surface area contributed by atoms with Gasteiger partial charge in [-0.2, -0.15) is 13.2 Å². The van der Waals surface area contributed by atoms with Crippen molar-refractivity contribution in [2.75, 3.05) is 19.7 Å². The number of nitrogens with two attached hydrogens (primary N) is 1. The summed E-state index contributed by atoms with van der Waals surface area (Å²) in [5.41, 5.74) is 7.19. The van der Waals surface area contributed by atoms with Crippen LogP contribution in [0.2, 0.25) is 5.02 Å². The molecule has 2 heterocycles. The lowest BCUT2D eigenvalue weighted by molar-refractivity contribution is -0.210. The molecule has 1 aromatic carbocycles. The highest BCUT2D eigenvalue weighted by Crippen LogP contribution is 2.29. The number of rotatable bonds is 5. The molecular formula is C19H17ClF4N4O3. The molecule has 0 saturated carbocycles. The van der Waals surface area contributed by atoms with Crippen molar-refractivity contribution in [1.29, 1.82) is 0 Å². The number of aromatic nitrogens is 2. The first kappa shape index (κ1) is 22.8. The van der Waals surface area contributed by atoms with E-state index in [2.05, 4.69) is 9.97 Å². The van der Waals surface area contributed by atoms with Crippen molar-refractivity contribution in [1.82, 2.24) is 14.9 Å². The fraction of sp³-hybridized carbons (Fsp3) is 0.316. The Morgan fingerprint density at radius 1 is 1.39 bits per heavy atom. The molecular weight excluding hydrogens is 444 g/mol. The van der Waals surface area contributed by atoms with Crippen LogP contribution in [0, 0.1) is 12.7 Å². The number of aryl methyl sites for hydroxylation is 1. The Morgan fingerprint density at radius 3 is 2.74 bits per heavy atom. The molecule has 1 amide bonds. The Bertz CT molecular complexity index is 1050. The van der Waals surface area contributed by atoms with Crippen molar-refractivity contribution in [3.63, 3.8) is 0 Å². The minimum Gasteiger partial charge on any atom is -0.490 e. The Morgan fingerprint density at radius 2 is 2.10 bits per heavy atom. The van der Waals surface area contributed by atoms with Gasteiger partial charge in [0, 0.05) is 23.5 Å². The number of ether oxygens (including phenoxy) is 1. The molecule has 0 saturated heterocycles. The van der Waals surface area contributed by atoms with Crippen LogP contribution in [0.25, 0.3) is 5.57 Å². The van der Waals surface area contributed by atoms with Crippen molar-refractivity contribution >= 4 is 23.1 Å². The van der Waals surface area contributed by atoms with Crippen LogP contribution in [0.4, 0.5) is 17.6 Å². The zero-order valence-corrected chi connectivity index (χ0v) is 16.8. The van der Waals surface area contributed by atoms with Gasteiger partial charge in [0.15, 0.2) is 11.9 Å². The fourth-order valence-corrected chi connectivity index (χ4v) is 2.92. The molecule has 3 N–H and O–H groups in total. The highest BCUT2D eigenvalue weighted by molar-refractivity contribution is 6.31. The molecule has 12 heteroatoms. The first-order chi connectivity index (χ1) is 14.5. The van der Waals surface area contributed by atoms with E-state index in [1.54, 1.807) is 6.92 Å². The van der Waals surface area contributed by atoms with E-state index in [1.807, 2.05) is 0 Å². The normalized spacial score (nSPS) is 15.4. The molecule has 7 nitrogen and oxygen atoms in total. The smallest absolute Gasteiger partial charge is 0.417 e. The maximum absolute atomic E-state index is 13.6. The maximum Gasteiger partial charge on any atom is 0.417 e. The van der Waals surface area contributed by atoms with Gasteiger partial charge in [-0.05, 0) is 19.1 Å². The molecule has 1 aliphatic rings. The SMILES string of the molecule is Cc1nc(C2=C(N)CN(C(=O)c3ccc(F)cc3OCC(O)C(F)(F)F)C2)ncc1Cl. The zero-order valence-electron chi connectivity index (χ0n) is 16.1. The second-order valence-corrected chi connectivity index (χ2v) is 7.21. The molecule has 0 radical (unpaired) electrons. The molecule has 166 valence electrons. The van der Waals surface area contributed by atoms with Crippen LogP contribution in [0.5, 0.6) is 5.75 Å². The number of hydrogen-bond donors (Lipinski definition) is 2. The quantitative estimate of drug-likeness (QED) is 0.665. The first-order valence-electron chi connectivity index (χ1n) is 8.90. The van der Waals surface area contributed by atoms with E-state index in [9.17, 15) is 22.4 Å². The van der Waals surface area contributed by atoms with Crippen molar-refractivity contribution in [2.24, 2.45) is 5.73 Å². The minimum absolute atomic E-state index is 0.00118. The number of nitrogens with zero attached hydrogens (tertiary/aromatic N) is 3. The zero-order chi connectivity index (χ0) is 22.9. The summed E-state index contributed by atoms with van der Waals surface area (Å²) in [6.07, 6.45) is -6.31. The van der Waals surface area contributed by atoms with Crippen LogP contribution in [0.3, 0.4) is 0 Å². The van der Waals surface area contributed by atoms with Crippen molar-refractivity contribution in [2.45, 2.75) is 19.2 Å². The average Bonchev–Trinajstić information content (AvgIpc) is 3.08. The third kappa shape index (κ3) is 5.05. The Labute approximate surface area is 179 Å². The van der Waals surface area contributed by atoms with Crippen LogP contribution >= 0.6 is 11.6 Å². The first-order valence-corrected chi connectivity index (χ1v) is 9.28. The summed E-state index contributed by atoms with van der Waals surface area (Å²) in [6.45, 7) is 0.505. The number of aliphatic hydroxyl groups excluding tert-OH is 1. The van der Waals surface area contributed by atoms with Gasteiger partial charge < -0.3 is 20.5 Å². The van der Waals surface area contributed by atoms with Gasteiger partial charge in [0.2, 0.25) is 0 Å². The number of carbonyl (C=O) groups excluding carboxylic acids is 1. The van der Waals surface area contributed by atoms with E-state index in [4.69, 9.17) is 27.2 Å². The van der Waals surface area contributed by atoms with Crippen LogP contribution < -0.4 is 10.5 Å². The number of amides is 1. The standard InChI is InChI=1S/C19H17ClF4N4O3/c1-9-13(20)5-26-17(27-9)12-6-28(7-14(12)25)18(30)11-3-2-10(21)4-15(11)31-8-16(29)19(22,23)24/h2-5,16,29H,6-8,25H2,1H3. The van der Waals surface area contributed by atoms with Crippen LogP contribution in [-0.2, 0) is 0 Å². The Hall–Kier alpha value is -2.92. The van der Waals surface area contributed by atoms with Crippen molar-refractivity contribution in [3.05, 3.63) is 58.0 Å². The lowest BCUT2D eigenvalue weighted by atomic mass is 10.1. The lowest BCUT2D eigenvalue weighted by Crippen LogP contribution is -2.35. The summed E-state index contributed by atoms with van der Waals surface area (Å²) >= 11 is 5.92. The third-order valence-corrected chi connectivity index (χ3v) is 4.89. The molecule has 0 aliphatic carbocycles. The lowest BCUT2D eigenvalue weighted by Gasteiger charge is -2.20. The summed E-state index contributed by atoms with van der Waals surface area (Å²) in [5.74, 6) is -1.62. The van der Waals surface area contributed by atoms with Gasteiger partial charge in [-0.25, -0.2) is 14.4 Å². The summed E-state index contributed by atoms with van der Waals surface area (Å²) < 4.78 is 56.1. The number of benzene rings is 1. The van der Waals surface area contributed by atoms with Gasteiger partial charge in [-0.15, -0.1) is 0 Å². The minimum atomic E-state index is -4.92. The van der Waals surface area contributed by atoms with E-state index in [1.165, 1.54) is 11.1 Å². The molecule has 31 heavy (non-hydrogen) atoms. The van der Waals surface area contributed by atoms with Gasteiger partial charge in [0.05, 0.1) is 29.4 Å². The van der Waals surface area contributed by atoms with E-state index >= 15 is 0 Å². The average molecular weight is 461 g/mol. The monoisotopic (exact) mass is 460 g/mol. The molecule has 1 aromatic heterocycles. The number of alkyl halides is 3. The Kier molecular flexibility index (Phi) is 6.37. The van der Waals surface area contributed by atoms with E-state index in [0.717, 1.165) is 18.2 Å². The topological polar surface area (TPSA) is 102 Å². The van der Waals surface area contributed by atoms with Gasteiger partial charge >= 0.3 is 6.18 Å². The van der Waals surface area contributed by atoms with E-state index in [0.29, 0.717) is 27.8 Å². The van der Waals surface area contributed by atoms with Gasteiger partial charge in [-0.3, -0.25) is 4.79 Å². The number of carbonyl (C=O) groups is 1. The molecule has 1 atom stereocenters. The third-order valence-electron chi connectivity index (χ3n) is 4.52. The second-order valence-electron chi connectivity index (χ2n) is 6.80. The summed E-state index contributed by atoms with van der Waals surface area (Å²) in [4.78, 5) is 22.6. The van der Waals surface area contributed by atoms with E-state index < -0.39 is 36.4 Å². The summed E-state index contributed by atoms with van der Waals surface area (Å²) in [7, 11) is 0. The summed E-state index contributed by atoms with van der Waals surface area (Å²) in [6, 6.07) is 2.83. The molecule has 2 aromatic rings. The second kappa shape index (κ2) is 8.67. The molecule has 0 spiro atoms. The van der Waals surface area contributed by atoms with Gasteiger partial charge in [-0.1, -0.05) is 11.6 Å². The molecule has 3 rings (SSSR count). The predicted molar refractivity (Wildman–Crippen MR) is 103 cm³/mol. The van der Waals surface area contributed by atoms with Gasteiger partial charge in [0.25, 0.3) is 5.91 Å². The van der Waals surface area contributed by atoms with Crippen molar-refractivity contribution in [3.8, 4) is 5.75 Å².